The van der Waals surface area contributed by atoms with Gasteiger partial charge in [-0.3, -0.25) is 9.78 Å². The molecule has 0 fully saturated rings. The molecule has 3 heteroatoms. The van der Waals surface area contributed by atoms with Gasteiger partial charge in [-0.25, -0.2) is 0 Å². The van der Waals surface area contributed by atoms with Crippen LogP contribution in [0.15, 0.2) is 48.7 Å². The predicted molar refractivity (Wildman–Crippen MR) is 83.1 cm³/mol. The molecule has 1 N–H and O–H groups in total. The first kappa shape index (κ1) is 13.8. The third-order valence-corrected chi connectivity index (χ3v) is 4.09. The Kier molecular flexibility index (Phi) is 4.29. The number of nitrogens with zero attached hydrogens (tertiary/aromatic N) is 1. The maximum atomic E-state index is 12.4. The molecule has 0 radical (unpaired) electrons. The number of hydrogen-bond acceptors (Lipinski definition) is 2. The molecular weight excluding hydrogens is 260 g/mol. The van der Waals surface area contributed by atoms with Crippen molar-refractivity contribution < 1.29 is 4.79 Å². The van der Waals surface area contributed by atoms with Crippen molar-refractivity contribution in [1.82, 2.24) is 10.3 Å². The van der Waals surface area contributed by atoms with Crippen molar-refractivity contribution in [2.45, 2.75) is 31.6 Å². The van der Waals surface area contributed by atoms with Crippen LogP contribution in [0.25, 0.3) is 0 Å². The van der Waals surface area contributed by atoms with Gasteiger partial charge in [0.1, 0.15) is 0 Å². The number of aryl methyl sites for hydroxylation is 1. The largest absolute Gasteiger partial charge is 0.355 e. The summed E-state index contributed by atoms with van der Waals surface area (Å²) in [6.45, 7) is 0.647. The van der Waals surface area contributed by atoms with Crippen molar-refractivity contribution in [3.05, 3.63) is 65.5 Å². The Balaban J connectivity index is 1.59. The first-order chi connectivity index (χ1) is 10.3. The van der Waals surface area contributed by atoms with Crippen molar-refractivity contribution in [2.24, 2.45) is 0 Å². The van der Waals surface area contributed by atoms with Gasteiger partial charge >= 0.3 is 0 Å². The Labute approximate surface area is 125 Å². The molecule has 0 saturated carbocycles. The quantitative estimate of drug-likeness (QED) is 0.935. The molecule has 0 spiro atoms. The minimum atomic E-state index is 0.0127. The summed E-state index contributed by atoms with van der Waals surface area (Å²) in [4.78, 5) is 16.7. The van der Waals surface area contributed by atoms with Crippen molar-refractivity contribution in [1.29, 1.82) is 0 Å². The van der Waals surface area contributed by atoms with E-state index in [0.29, 0.717) is 6.54 Å². The van der Waals surface area contributed by atoms with Crippen LogP contribution in [-0.4, -0.2) is 17.4 Å². The van der Waals surface area contributed by atoms with E-state index >= 15 is 0 Å². The molecule has 0 saturated heterocycles. The summed E-state index contributed by atoms with van der Waals surface area (Å²) in [5, 5.41) is 3.06. The molecule has 1 aliphatic rings. The number of hydrogen-bond donors (Lipinski definition) is 1. The van der Waals surface area contributed by atoms with Gasteiger partial charge in [-0.05, 0) is 42.5 Å². The number of aromatic nitrogens is 1. The minimum absolute atomic E-state index is 0.0127. The highest BCUT2D eigenvalue weighted by atomic mass is 16.1. The van der Waals surface area contributed by atoms with Crippen LogP contribution in [0, 0.1) is 0 Å². The summed E-state index contributed by atoms with van der Waals surface area (Å²) in [5.41, 5.74) is 3.55. The van der Waals surface area contributed by atoms with Crippen LogP contribution in [0.3, 0.4) is 0 Å². The summed E-state index contributed by atoms with van der Waals surface area (Å²) < 4.78 is 0. The van der Waals surface area contributed by atoms with Gasteiger partial charge in [0, 0.05) is 24.9 Å². The number of carbonyl (C=O) groups excluding carboxylic acids is 1. The summed E-state index contributed by atoms with van der Waals surface area (Å²) in [6.07, 6.45) is 5.70. The van der Waals surface area contributed by atoms with Gasteiger partial charge in [0.2, 0.25) is 5.91 Å². The van der Waals surface area contributed by atoms with E-state index in [1.165, 1.54) is 11.1 Å². The first-order valence-electron chi connectivity index (χ1n) is 7.60. The maximum absolute atomic E-state index is 12.4. The van der Waals surface area contributed by atoms with E-state index in [2.05, 4.69) is 28.5 Å². The summed E-state index contributed by atoms with van der Waals surface area (Å²) >= 11 is 0. The predicted octanol–water partition coefficient (Wildman–Crippen LogP) is 2.86. The van der Waals surface area contributed by atoms with Crippen LogP contribution >= 0.6 is 0 Å². The minimum Gasteiger partial charge on any atom is -0.355 e. The lowest BCUT2D eigenvalue weighted by atomic mass is 9.82. The lowest BCUT2D eigenvalue weighted by Gasteiger charge is -2.24. The zero-order chi connectivity index (χ0) is 14.5. The third-order valence-electron chi connectivity index (χ3n) is 4.09. The van der Waals surface area contributed by atoms with Crippen LogP contribution in [0.4, 0.5) is 0 Å². The number of pyridine rings is 1. The molecule has 0 bridgehead atoms. The number of fused-ring (bicyclic) bond motifs is 1. The molecule has 1 heterocycles. The van der Waals surface area contributed by atoms with Gasteiger partial charge in [-0.15, -0.1) is 0 Å². The monoisotopic (exact) mass is 280 g/mol. The van der Waals surface area contributed by atoms with Crippen molar-refractivity contribution in [3.8, 4) is 0 Å². The van der Waals surface area contributed by atoms with Gasteiger partial charge in [0.05, 0.1) is 5.92 Å². The molecule has 2 aromatic rings. The molecule has 1 aromatic heterocycles. The summed E-state index contributed by atoms with van der Waals surface area (Å²) in [6, 6.07) is 14.2. The van der Waals surface area contributed by atoms with Crippen LogP contribution in [0.5, 0.6) is 0 Å². The average molecular weight is 280 g/mol. The van der Waals surface area contributed by atoms with E-state index in [-0.39, 0.29) is 11.8 Å². The molecule has 0 unspecified atom stereocenters. The number of nitrogens with one attached hydrogen (secondary N) is 1. The van der Waals surface area contributed by atoms with E-state index in [0.717, 1.165) is 31.4 Å². The highest BCUT2D eigenvalue weighted by molar-refractivity contribution is 5.84. The third kappa shape index (κ3) is 3.30. The molecule has 1 amide bonds. The zero-order valence-corrected chi connectivity index (χ0v) is 12.1. The number of rotatable bonds is 4. The van der Waals surface area contributed by atoms with Crippen LogP contribution < -0.4 is 5.32 Å². The second-order valence-electron chi connectivity index (χ2n) is 5.51. The van der Waals surface area contributed by atoms with Gasteiger partial charge in [-0.2, -0.15) is 0 Å². The van der Waals surface area contributed by atoms with Crippen LogP contribution in [0.1, 0.15) is 35.6 Å². The van der Waals surface area contributed by atoms with Crippen LogP contribution in [-0.2, 0) is 17.6 Å². The number of carbonyl (C=O) groups is 1. The molecule has 1 atom stereocenters. The van der Waals surface area contributed by atoms with E-state index < -0.39 is 0 Å². The highest BCUT2D eigenvalue weighted by Crippen LogP contribution is 2.31. The van der Waals surface area contributed by atoms with E-state index in [1.807, 2.05) is 24.3 Å². The Hall–Kier alpha value is -2.16. The molecule has 1 aromatic carbocycles. The van der Waals surface area contributed by atoms with Gasteiger partial charge < -0.3 is 5.32 Å². The zero-order valence-electron chi connectivity index (χ0n) is 12.1. The summed E-state index contributed by atoms with van der Waals surface area (Å²) in [7, 11) is 0. The smallest absolute Gasteiger partial charge is 0.227 e. The Bertz CT molecular complexity index is 610. The fourth-order valence-electron chi connectivity index (χ4n) is 3.01. The fraction of sp³-hybridized carbons (Fsp3) is 0.333. The number of benzene rings is 1. The van der Waals surface area contributed by atoms with Gasteiger partial charge in [-0.1, -0.05) is 30.3 Å². The van der Waals surface area contributed by atoms with Crippen molar-refractivity contribution in [2.75, 3.05) is 6.54 Å². The SMILES string of the molecule is O=C(NCCc1ccccn1)[C@H]1CCCc2ccccc21. The summed E-state index contributed by atoms with van der Waals surface area (Å²) in [5.74, 6) is 0.164. The molecule has 1 aliphatic carbocycles. The molecule has 3 rings (SSSR count). The molecule has 21 heavy (non-hydrogen) atoms. The van der Waals surface area contributed by atoms with E-state index in [1.54, 1.807) is 6.20 Å². The lowest BCUT2D eigenvalue weighted by molar-refractivity contribution is -0.122. The topological polar surface area (TPSA) is 42.0 Å². The molecule has 108 valence electrons. The molecule has 0 aliphatic heterocycles. The molecule has 3 nitrogen and oxygen atoms in total. The average Bonchev–Trinajstić information content (AvgIpc) is 2.55. The Morgan fingerprint density at radius 2 is 2.05 bits per heavy atom. The van der Waals surface area contributed by atoms with Crippen molar-refractivity contribution in [3.63, 3.8) is 0 Å². The van der Waals surface area contributed by atoms with Gasteiger partial charge in [0.25, 0.3) is 0 Å². The Morgan fingerprint density at radius 1 is 1.19 bits per heavy atom. The maximum Gasteiger partial charge on any atom is 0.227 e. The van der Waals surface area contributed by atoms with Crippen LogP contribution in [0.2, 0.25) is 0 Å². The lowest BCUT2D eigenvalue weighted by Crippen LogP contribution is -2.32. The second kappa shape index (κ2) is 6.53. The number of amides is 1. The molecular formula is C18H20N2O. The van der Waals surface area contributed by atoms with E-state index in [4.69, 9.17) is 0 Å². The Morgan fingerprint density at radius 3 is 2.90 bits per heavy atom. The first-order valence-corrected chi connectivity index (χ1v) is 7.60. The standard InChI is InChI=1S/C18H20N2O/c21-18(20-13-11-15-8-3-4-12-19-15)17-10-5-7-14-6-1-2-9-16(14)17/h1-4,6,8-9,12,17H,5,7,10-11,13H2,(H,20,21)/t17-/m0/s1. The van der Waals surface area contributed by atoms with E-state index in [9.17, 15) is 4.79 Å². The highest BCUT2D eigenvalue weighted by Gasteiger charge is 2.25. The normalized spacial score (nSPS) is 17.0. The van der Waals surface area contributed by atoms with Crippen molar-refractivity contribution >= 4 is 5.91 Å². The fourth-order valence-corrected chi connectivity index (χ4v) is 3.01. The second-order valence-corrected chi connectivity index (χ2v) is 5.51. The van der Waals surface area contributed by atoms with Gasteiger partial charge in [0.15, 0.2) is 0 Å².